The van der Waals surface area contributed by atoms with Crippen LogP contribution in [0.5, 0.6) is 5.75 Å². The number of fused-ring (bicyclic) bond motifs is 3. The van der Waals surface area contributed by atoms with Gasteiger partial charge in [0.05, 0.1) is 12.6 Å². The van der Waals surface area contributed by atoms with Gasteiger partial charge >= 0.3 is 0 Å². The van der Waals surface area contributed by atoms with Crippen LogP contribution in [0.4, 0.5) is 0 Å². The Bertz CT molecular complexity index is 876. The van der Waals surface area contributed by atoms with Gasteiger partial charge in [-0.3, -0.25) is 4.79 Å². The molecule has 30 heavy (non-hydrogen) atoms. The second-order valence-corrected chi connectivity index (χ2v) is 8.96. The molecule has 0 radical (unpaired) electrons. The minimum absolute atomic E-state index is 0.219. The van der Waals surface area contributed by atoms with Gasteiger partial charge in [0.2, 0.25) is 5.91 Å². The average Bonchev–Trinajstić information content (AvgIpc) is 3.18. The third kappa shape index (κ3) is 3.98. The molecular formula is C26H32N2O2. The van der Waals surface area contributed by atoms with E-state index in [-0.39, 0.29) is 12.0 Å². The van der Waals surface area contributed by atoms with Crippen molar-refractivity contribution >= 4 is 5.91 Å². The molecule has 4 heteroatoms. The number of piperidine rings is 1. The molecule has 3 heterocycles. The summed E-state index contributed by atoms with van der Waals surface area (Å²) in [6.07, 6.45) is 6.74. The summed E-state index contributed by atoms with van der Waals surface area (Å²) < 4.78 is 6.17. The van der Waals surface area contributed by atoms with Crippen LogP contribution in [-0.2, 0) is 4.79 Å². The normalized spacial score (nSPS) is 23.9. The first-order chi connectivity index (χ1) is 14.8. The highest BCUT2D eigenvalue weighted by Crippen LogP contribution is 2.45. The molecule has 0 aromatic heterocycles. The van der Waals surface area contributed by atoms with Crippen LogP contribution in [0.25, 0.3) is 0 Å². The summed E-state index contributed by atoms with van der Waals surface area (Å²) in [5, 5.41) is 0. The molecule has 2 saturated heterocycles. The molecule has 0 unspecified atom stereocenters. The molecule has 0 saturated carbocycles. The zero-order valence-corrected chi connectivity index (χ0v) is 17.8. The van der Waals surface area contributed by atoms with Gasteiger partial charge in [-0.1, -0.05) is 42.8 Å². The summed E-state index contributed by atoms with van der Waals surface area (Å²) in [4.78, 5) is 17.1. The minimum Gasteiger partial charge on any atom is -0.494 e. The molecule has 0 aliphatic carbocycles. The smallest absolute Gasteiger partial charge is 0.223 e. The Balaban J connectivity index is 1.32. The quantitative estimate of drug-likeness (QED) is 0.652. The molecule has 2 fully saturated rings. The van der Waals surface area contributed by atoms with Crippen LogP contribution < -0.4 is 4.74 Å². The van der Waals surface area contributed by atoms with Crippen LogP contribution in [0.15, 0.2) is 48.5 Å². The van der Waals surface area contributed by atoms with E-state index in [0.717, 1.165) is 38.3 Å². The Morgan fingerprint density at radius 3 is 2.63 bits per heavy atom. The van der Waals surface area contributed by atoms with Gasteiger partial charge < -0.3 is 14.5 Å². The van der Waals surface area contributed by atoms with E-state index >= 15 is 0 Å². The molecular weight excluding hydrogens is 372 g/mol. The lowest BCUT2D eigenvalue weighted by atomic mass is 9.81. The van der Waals surface area contributed by atoms with Gasteiger partial charge in [0.1, 0.15) is 5.75 Å². The average molecular weight is 405 g/mol. The standard InChI is InChI=1S/C26H32N2O2/c29-26-13-12-25-22-11-10-21(30-17-7-16-27-14-5-2-6-15-27)18-23(22)24(19-28(25)26)20-8-3-1-4-9-20/h1,3-4,8-11,18,24-25H,2,5-7,12-17,19H2/t24-,25+/m1/s1. The molecule has 2 aromatic rings. The van der Waals surface area contributed by atoms with Gasteiger partial charge in [-0.2, -0.15) is 0 Å². The molecule has 1 amide bonds. The van der Waals surface area contributed by atoms with Crippen molar-refractivity contribution in [2.75, 3.05) is 32.8 Å². The molecule has 3 aliphatic heterocycles. The Morgan fingerprint density at radius 2 is 1.80 bits per heavy atom. The number of rotatable bonds is 6. The highest BCUT2D eigenvalue weighted by molar-refractivity contribution is 5.80. The first-order valence-electron chi connectivity index (χ1n) is 11.6. The lowest BCUT2D eigenvalue weighted by molar-refractivity contribution is -0.129. The van der Waals surface area contributed by atoms with Crippen molar-refractivity contribution in [2.45, 2.75) is 50.5 Å². The second-order valence-electron chi connectivity index (χ2n) is 8.96. The number of carbonyl (C=O) groups excluding carboxylic acids is 1. The maximum absolute atomic E-state index is 12.5. The van der Waals surface area contributed by atoms with E-state index in [1.54, 1.807) is 0 Å². The van der Waals surface area contributed by atoms with Crippen LogP contribution in [0.2, 0.25) is 0 Å². The summed E-state index contributed by atoms with van der Waals surface area (Å²) in [6.45, 7) is 5.16. The highest BCUT2D eigenvalue weighted by Gasteiger charge is 2.40. The van der Waals surface area contributed by atoms with E-state index in [1.165, 1.54) is 49.0 Å². The van der Waals surface area contributed by atoms with Gasteiger partial charge in [-0.05, 0) is 67.6 Å². The molecule has 0 N–H and O–H groups in total. The largest absolute Gasteiger partial charge is 0.494 e. The summed E-state index contributed by atoms with van der Waals surface area (Å²) >= 11 is 0. The van der Waals surface area contributed by atoms with Crippen molar-refractivity contribution in [3.8, 4) is 5.75 Å². The number of ether oxygens (including phenoxy) is 1. The van der Waals surface area contributed by atoms with E-state index in [9.17, 15) is 4.79 Å². The first kappa shape index (κ1) is 19.6. The molecule has 4 nitrogen and oxygen atoms in total. The van der Waals surface area contributed by atoms with Crippen LogP contribution in [0.3, 0.4) is 0 Å². The van der Waals surface area contributed by atoms with E-state index < -0.39 is 0 Å². The van der Waals surface area contributed by atoms with Crippen molar-refractivity contribution in [1.29, 1.82) is 0 Å². The summed E-state index contributed by atoms with van der Waals surface area (Å²) in [7, 11) is 0. The number of hydrogen-bond donors (Lipinski definition) is 0. The van der Waals surface area contributed by atoms with Crippen molar-refractivity contribution in [1.82, 2.24) is 9.80 Å². The van der Waals surface area contributed by atoms with Crippen LogP contribution in [0, 0.1) is 0 Å². The van der Waals surface area contributed by atoms with Crippen molar-refractivity contribution in [3.05, 3.63) is 65.2 Å². The Kier molecular flexibility index (Phi) is 5.76. The molecule has 2 aromatic carbocycles. The van der Waals surface area contributed by atoms with Crippen molar-refractivity contribution in [3.63, 3.8) is 0 Å². The SMILES string of the molecule is O=C1CC[C@H]2c3ccc(OCCCN4CCCCC4)cc3[C@@H](c3ccccc3)CN12. The van der Waals surface area contributed by atoms with Crippen LogP contribution in [0.1, 0.15) is 67.2 Å². The first-order valence-corrected chi connectivity index (χ1v) is 11.6. The Hall–Kier alpha value is -2.33. The predicted octanol–water partition coefficient (Wildman–Crippen LogP) is 4.75. The number of carbonyl (C=O) groups is 1. The summed E-state index contributed by atoms with van der Waals surface area (Å²) in [5.41, 5.74) is 3.92. The van der Waals surface area contributed by atoms with Gasteiger partial charge in [0, 0.05) is 25.4 Å². The van der Waals surface area contributed by atoms with Crippen LogP contribution in [-0.4, -0.2) is 48.5 Å². The molecule has 0 bridgehead atoms. The van der Waals surface area contributed by atoms with Gasteiger partial charge in [0.15, 0.2) is 0 Å². The van der Waals surface area contributed by atoms with E-state index in [1.807, 2.05) is 0 Å². The van der Waals surface area contributed by atoms with Gasteiger partial charge in [-0.25, -0.2) is 0 Å². The van der Waals surface area contributed by atoms with Crippen LogP contribution >= 0.6 is 0 Å². The lowest BCUT2D eigenvalue weighted by Crippen LogP contribution is -2.37. The Morgan fingerprint density at radius 1 is 0.967 bits per heavy atom. The van der Waals surface area contributed by atoms with Crippen molar-refractivity contribution < 1.29 is 9.53 Å². The topological polar surface area (TPSA) is 32.8 Å². The number of nitrogens with zero attached hydrogens (tertiary/aromatic N) is 2. The van der Waals surface area contributed by atoms with E-state index in [0.29, 0.717) is 12.3 Å². The minimum atomic E-state index is 0.219. The lowest BCUT2D eigenvalue weighted by Gasteiger charge is -2.37. The highest BCUT2D eigenvalue weighted by atomic mass is 16.5. The fourth-order valence-electron chi connectivity index (χ4n) is 5.46. The molecule has 0 spiro atoms. The number of benzene rings is 2. The van der Waals surface area contributed by atoms with Crippen molar-refractivity contribution in [2.24, 2.45) is 0 Å². The Labute approximate surface area is 179 Å². The van der Waals surface area contributed by atoms with E-state index in [4.69, 9.17) is 4.74 Å². The molecule has 158 valence electrons. The molecule has 2 atom stereocenters. The molecule has 5 rings (SSSR count). The zero-order valence-electron chi connectivity index (χ0n) is 17.8. The fraction of sp³-hybridized carbons (Fsp3) is 0.500. The number of likely N-dealkylation sites (tertiary alicyclic amines) is 1. The summed E-state index contributed by atoms with van der Waals surface area (Å²) in [5.74, 6) is 1.48. The monoisotopic (exact) mass is 404 g/mol. The third-order valence-electron chi connectivity index (χ3n) is 7.04. The second kappa shape index (κ2) is 8.81. The molecule has 3 aliphatic rings. The fourth-order valence-corrected chi connectivity index (χ4v) is 5.46. The van der Waals surface area contributed by atoms with E-state index in [2.05, 4.69) is 58.3 Å². The third-order valence-corrected chi connectivity index (χ3v) is 7.04. The van der Waals surface area contributed by atoms with Gasteiger partial charge in [0.25, 0.3) is 0 Å². The zero-order chi connectivity index (χ0) is 20.3. The maximum Gasteiger partial charge on any atom is 0.223 e. The number of hydrogen-bond acceptors (Lipinski definition) is 3. The summed E-state index contributed by atoms with van der Waals surface area (Å²) in [6, 6.07) is 17.4. The number of amides is 1. The maximum atomic E-state index is 12.5. The van der Waals surface area contributed by atoms with Gasteiger partial charge in [-0.15, -0.1) is 0 Å². The predicted molar refractivity (Wildman–Crippen MR) is 119 cm³/mol.